The molecule has 0 rings (SSSR count). The molecule has 0 radical (unpaired) electrons. The molecule has 0 aliphatic heterocycles. The minimum Gasteiger partial charge on any atom is -0.0625 e. The molecule has 0 aliphatic carbocycles. The molecule has 0 aromatic rings. The zero-order valence-corrected chi connectivity index (χ0v) is 11.5. The van der Waals surface area contributed by atoms with E-state index >= 15 is 0 Å². The molecule has 0 spiro atoms. The molecule has 0 aromatic heterocycles. The lowest BCUT2D eigenvalue weighted by atomic mass is 9.69. The van der Waals surface area contributed by atoms with Crippen LogP contribution in [0.3, 0.4) is 0 Å². The molecular formula is C14H30. The van der Waals surface area contributed by atoms with Crippen molar-refractivity contribution in [2.75, 3.05) is 0 Å². The van der Waals surface area contributed by atoms with Gasteiger partial charge in [-0.3, -0.25) is 0 Å². The van der Waals surface area contributed by atoms with Gasteiger partial charge in [-0.2, -0.15) is 0 Å². The average molecular weight is 198 g/mol. The largest absolute Gasteiger partial charge is 0.0625 e. The summed E-state index contributed by atoms with van der Waals surface area (Å²) in [5.74, 6) is 3.32. The number of hydrogen-bond donors (Lipinski definition) is 0. The molecule has 0 amide bonds. The molecule has 2 unspecified atom stereocenters. The highest BCUT2D eigenvalue weighted by Crippen LogP contribution is 2.38. The first-order chi connectivity index (χ1) is 6.16. The van der Waals surface area contributed by atoms with E-state index in [0.29, 0.717) is 5.41 Å². The van der Waals surface area contributed by atoms with E-state index in [0.717, 1.165) is 23.7 Å². The zero-order chi connectivity index (χ0) is 11.5. The van der Waals surface area contributed by atoms with Crippen molar-refractivity contribution in [2.45, 2.75) is 61.8 Å². The summed E-state index contributed by atoms with van der Waals surface area (Å²) >= 11 is 0. The Hall–Kier alpha value is 0. The first-order valence-electron chi connectivity index (χ1n) is 6.16. The van der Waals surface area contributed by atoms with Crippen molar-refractivity contribution in [3.05, 3.63) is 0 Å². The quantitative estimate of drug-likeness (QED) is 0.597. The van der Waals surface area contributed by atoms with Gasteiger partial charge in [-0.05, 0) is 35.5 Å². The van der Waals surface area contributed by atoms with Crippen molar-refractivity contribution >= 4 is 0 Å². The zero-order valence-electron chi connectivity index (χ0n) is 11.5. The van der Waals surface area contributed by atoms with Crippen LogP contribution in [0.2, 0.25) is 0 Å². The third-order valence-corrected chi connectivity index (χ3v) is 3.68. The van der Waals surface area contributed by atoms with Crippen LogP contribution in [0, 0.1) is 29.1 Å². The molecule has 0 nitrogen and oxygen atoms in total. The molecule has 0 bridgehead atoms. The monoisotopic (exact) mass is 198 g/mol. The molecule has 0 fully saturated rings. The summed E-state index contributed by atoms with van der Waals surface area (Å²) in [5, 5.41) is 0. The Balaban J connectivity index is 4.40. The van der Waals surface area contributed by atoms with Crippen LogP contribution >= 0.6 is 0 Å². The maximum atomic E-state index is 2.39. The van der Waals surface area contributed by atoms with Gasteiger partial charge in [0.2, 0.25) is 0 Å². The summed E-state index contributed by atoms with van der Waals surface area (Å²) in [6.07, 6.45) is 1.37. The molecule has 0 heteroatoms. The second-order valence-corrected chi connectivity index (χ2v) is 6.67. The molecule has 14 heavy (non-hydrogen) atoms. The van der Waals surface area contributed by atoms with Crippen LogP contribution in [0.15, 0.2) is 0 Å². The molecule has 0 aromatic carbocycles. The Morgan fingerprint density at radius 3 is 1.43 bits per heavy atom. The van der Waals surface area contributed by atoms with Crippen molar-refractivity contribution in [3.8, 4) is 0 Å². The van der Waals surface area contributed by atoms with Crippen LogP contribution in [0.25, 0.3) is 0 Å². The van der Waals surface area contributed by atoms with Gasteiger partial charge in [0, 0.05) is 0 Å². The summed E-state index contributed by atoms with van der Waals surface area (Å²) in [6.45, 7) is 18.9. The van der Waals surface area contributed by atoms with Gasteiger partial charge in [-0.25, -0.2) is 0 Å². The minimum atomic E-state index is 0.456. The normalized spacial score (nSPS) is 17.6. The lowest BCUT2D eigenvalue weighted by Crippen LogP contribution is -2.28. The molecule has 0 saturated heterocycles. The molecule has 0 aliphatic rings. The summed E-state index contributed by atoms with van der Waals surface area (Å²) in [7, 11) is 0. The van der Waals surface area contributed by atoms with Crippen LogP contribution in [0.5, 0.6) is 0 Å². The molecule has 0 heterocycles. The van der Waals surface area contributed by atoms with E-state index in [-0.39, 0.29) is 0 Å². The highest BCUT2D eigenvalue weighted by molar-refractivity contribution is 4.79. The Morgan fingerprint density at radius 2 is 1.21 bits per heavy atom. The van der Waals surface area contributed by atoms with Crippen molar-refractivity contribution in [1.82, 2.24) is 0 Å². The van der Waals surface area contributed by atoms with Crippen molar-refractivity contribution in [1.29, 1.82) is 0 Å². The highest BCUT2D eigenvalue weighted by atomic mass is 14.3. The second kappa shape index (κ2) is 5.19. The first-order valence-corrected chi connectivity index (χ1v) is 6.16. The number of rotatable bonds is 4. The average Bonchev–Trinajstić information content (AvgIpc) is 1.96. The fourth-order valence-corrected chi connectivity index (χ4v) is 2.30. The van der Waals surface area contributed by atoms with E-state index in [4.69, 9.17) is 0 Å². The van der Waals surface area contributed by atoms with E-state index in [2.05, 4.69) is 55.4 Å². The van der Waals surface area contributed by atoms with Gasteiger partial charge in [0.1, 0.15) is 0 Å². The van der Waals surface area contributed by atoms with Gasteiger partial charge in [0.25, 0.3) is 0 Å². The van der Waals surface area contributed by atoms with Crippen LogP contribution < -0.4 is 0 Å². The van der Waals surface area contributed by atoms with E-state index < -0.39 is 0 Å². The molecule has 0 N–H and O–H groups in total. The summed E-state index contributed by atoms with van der Waals surface area (Å²) in [5.41, 5.74) is 0.456. The SMILES string of the molecule is CC(C)C(C)CC(C(C)C)C(C)(C)C. The maximum absolute atomic E-state index is 2.39. The molecular weight excluding hydrogens is 168 g/mol. The highest BCUT2D eigenvalue weighted by Gasteiger charge is 2.29. The Bertz CT molecular complexity index is 148. The first kappa shape index (κ1) is 14.0. The Kier molecular flexibility index (Phi) is 5.19. The summed E-state index contributed by atoms with van der Waals surface area (Å²) in [4.78, 5) is 0. The molecule has 2 atom stereocenters. The lowest BCUT2D eigenvalue weighted by Gasteiger charge is -2.36. The van der Waals surface area contributed by atoms with E-state index in [1.807, 2.05) is 0 Å². The standard InChI is InChI=1S/C14H30/c1-10(2)12(5)9-13(11(3)4)14(6,7)8/h10-13H,9H2,1-8H3. The van der Waals surface area contributed by atoms with E-state index in [1.165, 1.54) is 6.42 Å². The van der Waals surface area contributed by atoms with Gasteiger partial charge in [-0.15, -0.1) is 0 Å². The predicted octanol–water partition coefficient (Wildman–Crippen LogP) is 4.99. The third kappa shape index (κ3) is 4.48. The van der Waals surface area contributed by atoms with Gasteiger partial charge < -0.3 is 0 Å². The van der Waals surface area contributed by atoms with Gasteiger partial charge in [0.05, 0.1) is 0 Å². The fourth-order valence-electron chi connectivity index (χ4n) is 2.30. The second-order valence-electron chi connectivity index (χ2n) is 6.67. The lowest BCUT2D eigenvalue weighted by molar-refractivity contribution is 0.133. The Labute approximate surface area is 91.5 Å². The van der Waals surface area contributed by atoms with Gasteiger partial charge >= 0.3 is 0 Å². The third-order valence-electron chi connectivity index (χ3n) is 3.68. The predicted molar refractivity (Wildman–Crippen MR) is 66.4 cm³/mol. The van der Waals surface area contributed by atoms with Crippen LogP contribution in [-0.4, -0.2) is 0 Å². The van der Waals surface area contributed by atoms with Crippen LogP contribution in [0.4, 0.5) is 0 Å². The maximum Gasteiger partial charge on any atom is -0.0340 e. The van der Waals surface area contributed by atoms with E-state index in [9.17, 15) is 0 Å². The molecule has 86 valence electrons. The van der Waals surface area contributed by atoms with Crippen molar-refractivity contribution in [2.24, 2.45) is 29.1 Å². The van der Waals surface area contributed by atoms with Crippen molar-refractivity contribution < 1.29 is 0 Å². The van der Waals surface area contributed by atoms with Crippen LogP contribution in [-0.2, 0) is 0 Å². The summed E-state index contributed by atoms with van der Waals surface area (Å²) < 4.78 is 0. The van der Waals surface area contributed by atoms with Gasteiger partial charge in [-0.1, -0.05) is 55.4 Å². The fraction of sp³-hybridized carbons (Fsp3) is 1.00. The number of hydrogen-bond acceptors (Lipinski definition) is 0. The topological polar surface area (TPSA) is 0 Å². The Morgan fingerprint density at radius 1 is 0.786 bits per heavy atom. The van der Waals surface area contributed by atoms with E-state index in [1.54, 1.807) is 0 Å². The van der Waals surface area contributed by atoms with Gasteiger partial charge in [0.15, 0.2) is 0 Å². The summed E-state index contributed by atoms with van der Waals surface area (Å²) in [6, 6.07) is 0. The van der Waals surface area contributed by atoms with Crippen molar-refractivity contribution in [3.63, 3.8) is 0 Å². The van der Waals surface area contributed by atoms with Crippen LogP contribution in [0.1, 0.15) is 61.8 Å². The smallest absolute Gasteiger partial charge is 0.0340 e. The molecule has 0 saturated carbocycles. The minimum absolute atomic E-state index is 0.456.